The molecule has 0 aliphatic heterocycles. The zero-order chi connectivity index (χ0) is 3.58. The van der Waals surface area contributed by atoms with Gasteiger partial charge in [0.15, 0.2) is 0 Å². The fraction of sp³-hybridized carbons (Fsp3) is 0. The summed E-state index contributed by atoms with van der Waals surface area (Å²) >= 11 is 0. The number of carboxylic acid groups (broad SMARTS) is 2. The van der Waals surface area contributed by atoms with Gasteiger partial charge in [0.2, 0.25) is 0 Å². The number of hydrogen-bond acceptors (Lipinski definition) is 3. The summed E-state index contributed by atoms with van der Waals surface area (Å²) in [6, 6.07) is 0. The molecule has 0 radical (unpaired) electrons. The summed E-state index contributed by atoms with van der Waals surface area (Å²) in [6.07, 6.45) is -2.33. The molecule has 0 aliphatic rings. The average molecular weight is 235 g/mol. The summed E-state index contributed by atoms with van der Waals surface area (Å²) in [5.74, 6) is 0. The fourth-order valence-electron chi connectivity index (χ4n) is 0. The molecule has 0 heterocycles. The number of hydrogen-bond donors (Lipinski definition) is 0. The summed E-state index contributed by atoms with van der Waals surface area (Å²) in [7, 11) is 0. The third-order valence-electron chi connectivity index (χ3n) is 0. The molecule has 0 aromatic carbocycles. The first kappa shape index (κ1) is 16.0. The molecular weight excluding hydrogens is 233 g/mol. The first-order chi connectivity index (χ1) is 1.73. The molecule has 0 atom stereocenters. The Morgan fingerprint density at radius 3 is 1.33 bits per heavy atom. The standard InChI is InChI=1S/CH2O3.Gd.H2O/c2-1(3)4;;/h(H2,2,3,4);;1H2/q;+2;/p-2. The van der Waals surface area contributed by atoms with E-state index in [1.54, 1.807) is 0 Å². The Morgan fingerprint density at radius 1 is 1.33 bits per heavy atom. The van der Waals surface area contributed by atoms with Crippen molar-refractivity contribution in [2.75, 3.05) is 0 Å². The smallest absolute Gasteiger partial charge is 0.652 e. The minimum atomic E-state index is -2.33. The molecule has 0 unspecified atom stereocenters. The summed E-state index contributed by atoms with van der Waals surface area (Å²) in [5, 5.41) is 16.7. The van der Waals surface area contributed by atoms with Gasteiger partial charge in [0.05, 0.1) is 0 Å². The van der Waals surface area contributed by atoms with Crippen molar-refractivity contribution in [3.63, 3.8) is 0 Å². The maximum Gasteiger partial charge on any atom is 2.00 e. The zero-order valence-corrected chi connectivity index (χ0v) is 4.85. The van der Waals surface area contributed by atoms with Gasteiger partial charge in [0.25, 0.3) is 0 Å². The van der Waals surface area contributed by atoms with Crippen LogP contribution in [0.2, 0.25) is 0 Å². The van der Waals surface area contributed by atoms with Crippen LogP contribution in [-0.2, 0) is 0 Å². The van der Waals surface area contributed by atoms with E-state index in [4.69, 9.17) is 15.0 Å². The third-order valence-corrected chi connectivity index (χ3v) is 0. The second kappa shape index (κ2) is 9.12. The molecule has 38 valence electrons. The van der Waals surface area contributed by atoms with E-state index in [0.29, 0.717) is 0 Å². The van der Waals surface area contributed by atoms with Crippen LogP contribution in [0.15, 0.2) is 0 Å². The Bertz CT molecular complexity index is 30.5. The fourth-order valence-corrected chi connectivity index (χ4v) is 0. The number of carbonyl (C=O) groups excluding carboxylic acids is 1. The van der Waals surface area contributed by atoms with Gasteiger partial charge in [0.1, 0.15) is 0 Å². The molecule has 0 spiro atoms. The van der Waals surface area contributed by atoms with E-state index >= 15 is 0 Å². The largest absolute Gasteiger partial charge is 2.00 e. The maximum absolute atomic E-state index is 8.33. The number of rotatable bonds is 0. The van der Waals surface area contributed by atoms with Crippen molar-refractivity contribution in [3.05, 3.63) is 0 Å². The molecule has 0 saturated heterocycles. The number of carbonyl (C=O) groups is 1. The third kappa shape index (κ3) is 187. The van der Waals surface area contributed by atoms with Crippen LogP contribution in [0.1, 0.15) is 0 Å². The quantitative estimate of drug-likeness (QED) is 0.440. The first-order valence-electron chi connectivity index (χ1n) is 0.612. The Balaban J connectivity index is -0.0000000450. The maximum atomic E-state index is 8.33. The summed E-state index contributed by atoms with van der Waals surface area (Å²) in [6.45, 7) is 0. The normalized spacial score (nSPS) is 4.00. The molecule has 6 heavy (non-hydrogen) atoms. The van der Waals surface area contributed by atoms with Gasteiger partial charge >= 0.3 is 39.9 Å². The Kier molecular flexibility index (Phi) is 24.3. The van der Waals surface area contributed by atoms with Gasteiger partial charge in [-0.15, -0.1) is 0 Å². The van der Waals surface area contributed by atoms with E-state index in [-0.39, 0.29) is 45.4 Å². The Labute approximate surface area is 66.2 Å². The summed E-state index contributed by atoms with van der Waals surface area (Å²) in [5.41, 5.74) is 0. The molecule has 0 bridgehead atoms. The van der Waals surface area contributed by atoms with E-state index in [2.05, 4.69) is 0 Å². The van der Waals surface area contributed by atoms with Crippen molar-refractivity contribution in [2.45, 2.75) is 0 Å². The van der Waals surface area contributed by atoms with E-state index in [9.17, 15) is 0 Å². The van der Waals surface area contributed by atoms with E-state index < -0.39 is 6.16 Å². The average Bonchev–Trinajstić information content (AvgIpc) is 0.811. The molecule has 0 rings (SSSR count). The molecule has 4 nitrogen and oxygen atoms in total. The Hall–Kier alpha value is 0.555. The van der Waals surface area contributed by atoms with Crippen molar-refractivity contribution in [3.8, 4) is 0 Å². The van der Waals surface area contributed by atoms with Crippen LogP contribution in [0.25, 0.3) is 0 Å². The van der Waals surface area contributed by atoms with Crippen molar-refractivity contribution >= 4 is 6.16 Å². The van der Waals surface area contributed by atoms with Crippen LogP contribution in [0.3, 0.4) is 0 Å². The monoisotopic (exact) mass is 236 g/mol. The van der Waals surface area contributed by atoms with Crippen molar-refractivity contribution in [2.24, 2.45) is 0 Å². The van der Waals surface area contributed by atoms with Gasteiger partial charge in [-0.3, -0.25) is 0 Å². The van der Waals surface area contributed by atoms with Crippen LogP contribution in [0.4, 0.5) is 4.79 Å². The predicted octanol–water partition coefficient (Wildman–Crippen LogP) is -3.27. The van der Waals surface area contributed by atoms with Gasteiger partial charge < -0.3 is 20.5 Å². The van der Waals surface area contributed by atoms with Gasteiger partial charge in [-0.25, -0.2) is 0 Å². The van der Waals surface area contributed by atoms with Gasteiger partial charge in [0, 0.05) is 0 Å². The zero-order valence-electron chi connectivity index (χ0n) is 2.58. The van der Waals surface area contributed by atoms with Crippen LogP contribution >= 0.6 is 0 Å². The van der Waals surface area contributed by atoms with Crippen LogP contribution in [0, 0.1) is 39.9 Å². The molecule has 2 N–H and O–H groups in total. The van der Waals surface area contributed by atoms with E-state index in [0.717, 1.165) is 0 Å². The van der Waals surface area contributed by atoms with Gasteiger partial charge in [-0.2, -0.15) is 0 Å². The van der Waals surface area contributed by atoms with Crippen LogP contribution in [-0.4, -0.2) is 11.6 Å². The topological polar surface area (TPSA) is 94.7 Å². The van der Waals surface area contributed by atoms with Crippen molar-refractivity contribution in [1.29, 1.82) is 0 Å². The molecule has 0 aromatic rings. The Morgan fingerprint density at radius 2 is 1.33 bits per heavy atom. The summed E-state index contributed by atoms with van der Waals surface area (Å²) < 4.78 is 0. The molecule has 5 heteroatoms. The van der Waals surface area contributed by atoms with Crippen LogP contribution in [0.5, 0.6) is 0 Å². The molecular formula is CH2GdO4. The van der Waals surface area contributed by atoms with Crippen LogP contribution < -0.4 is 10.2 Å². The van der Waals surface area contributed by atoms with Crippen molar-refractivity contribution in [1.82, 2.24) is 0 Å². The second-order valence-corrected chi connectivity index (χ2v) is 0.250. The van der Waals surface area contributed by atoms with Gasteiger partial charge in [-0.05, 0) is 6.16 Å². The molecule has 0 aromatic heterocycles. The minimum absolute atomic E-state index is 0. The molecule has 0 aliphatic carbocycles. The SMILES string of the molecule is O.O=C([O-])[O-].[Gd+2]. The second-order valence-electron chi connectivity index (χ2n) is 0.250. The van der Waals surface area contributed by atoms with Crippen molar-refractivity contribution < 1.29 is 60.4 Å². The summed E-state index contributed by atoms with van der Waals surface area (Å²) in [4.78, 5) is 8.33. The predicted molar refractivity (Wildman–Crippen MR) is 9.01 cm³/mol. The molecule has 0 saturated carbocycles. The van der Waals surface area contributed by atoms with Gasteiger partial charge in [-0.1, -0.05) is 0 Å². The first-order valence-corrected chi connectivity index (χ1v) is 0.612. The molecule has 0 fully saturated rings. The van der Waals surface area contributed by atoms with E-state index in [1.165, 1.54) is 0 Å². The minimum Gasteiger partial charge on any atom is -0.652 e. The molecule has 0 amide bonds. The van der Waals surface area contributed by atoms with E-state index in [1.807, 2.05) is 0 Å².